The van der Waals surface area contributed by atoms with Crippen molar-refractivity contribution in [1.29, 1.82) is 5.26 Å². The Morgan fingerprint density at radius 2 is 1.89 bits per heavy atom. The minimum Gasteiger partial charge on any atom is -0.354 e. The molecule has 1 unspecified atom stereocenters. The molecule has 27 heavy (non-hydrogen) atoms. The number of para-hydroxylation sites is 1. The molecule has 1 heterocycles. The molecule has 1 aliphatic heterocycles. The molecule has 7 heteroatoms. The summed E-state index contributed by atoms with van der Waals surface area (Å²) in [6, 6.07) is 16.7. The van der Waals surface area contributed by atoms with Gasteiger partial charge < -0.3 is 5.32 Å². The van der Waals surface area contributed by atoms with Crippen LogP contribution in [0.15, 0.2) is 65.2 Å². The van der Waals surface area contributed by atoms with Crippen LogP contribution in [0, 0.1) is 17.1 Å². The lowest BCUT2D eigenvalue weighted by Crippen LogP contribution is -2.31. The van der Waals surface area contributed by atoms with Crippen molar-refractivity contribution in [3.63, 3.8) is 0 Å². The maximum atomic E-state index is 13.1. The molecule has 1 fully saturated rings. The molecule has 3 rings (SSSR count). The molecule has 0 spiro atoms. The zero-order valence-electron chi connectivity index (χ0n) is 14.5. The number of carbonyl (C=O) groups is 2. The summed E-state index contributed by atoms with van der Waals surface area (Å²) >= 11 is 1.18. The van der Waals surface area contributed by atoms with Gasteiger partial charge in [-0.15, -0.1) is 0 Å². The standard InChI is InChI=1S/C20H16FN3O2S/c1-23-18(25)16(12-22)20-24(15-5-3-2-4-6-15)19(26)17(27-20)11-13-7-9-14(21)10-8-13/h2-10,17H,11H2,1H3,(H,23,25)/b20-16-. The first-order valence-corrected chi connectivity index (χ1v) is 9.09. The van der Waals surface area contributed by atoms with E-state index in [0.29, 0.717) is 17.1 Å². The average molecular weight is 381 g/mol. The number of amides is 2. The number of benzene rings is 2. The predicted molar refractivity (Wildman–Crippen MR) is 102 cm³/mol. The third-order valence-corrected chi connectivity index (χ3v) is 5.34. The van der Waals surface area contributed by atoms with Crippen molar-refractivity contribution in [1.82, 2.24) is 5.32 Å². The first-order chi connectivity index (χ1) is 13.0. The van der Waals surface area contributed by atoms with Gasteiger partial charge >= 0.3 is 0 Å². The molecule has 0 radical (unpaired) electrons. The van der Waals surface area contributed by atoms with Crippen molar-refractivity contribution in [3.8, 4) is 6.07 Å². The topological polar surface area (TPSA) is 73.2 Å². The minimum atomic E-state index is -0.545. The molecule has 0 aromatic heterocycles. The van der Waals surface area contributed by atoms with Crippen LogP contribution in [0.3, 0.4) is 0 Å². The van der Waals surface area contributed by atoms with Gasteiger partial charge in [0, 0.05) is 12.7 Å². The zero-order chi connectivity index (χ0) is 19.4. The third kappa shape index (κ3) is 3.86. The van der Waals surface area contributed by atoms with Gasteiger partial charge in [-0.05, 0) is 36.2 Å². The monoisotopic (exact) mass is 381 g/mol. The van der Waals surface area contributed by atoms with Crippen molar-refractivity contribution < 1.29 is 14.0 Å². The number of anilines is 1. The van der Waals surface area contributed by atoms with E-state index in [1.807, 2.05) is 12.1 Å². The quantitative estimate of drug-likeness (QED) is 0.653. The van der Waals surface area contributed by atoms with E-state index >= 15 is 0 Å². The van der Waals surface area contributed by atoms with Crippen molar-refractivity contribution in [3.05, 3.63) is 76.6 Å². The summed E-state index contributed by atoms with van der Waals surface area (Å²) in [5.74, 6) is -1.11. The molecule has 136 valence electrons. The second-order valence-electron chi connectivity index (χ2n) is 5.82. The highest BCUT2D eigenvalue weighted by molar-refractivity contribution is 8.05. The van der Waals surface area contributed by atoms with E-state index in [2.05, 4.69) is 5.32 Å². The summed E-state index contributed by atoms with van der Waals surface area (Å²) in [6.45, 7) is 0. The van der Waals surface area contributed by atoms with Crippen LogP contribution in [0.2, 0.25) is 0 Å². The van der Waals surface area contributed by atoms with Crippen LogP contribution in [0.25, 0.3) is 0 Å². The molecule has 2 aromatic carbocycles. The van der Waals surface area contributed by atoms with E-state index in [4.69, 9.17) is 0 Å². The smallest absolute Gasteiger partial charge is 0.264 e. The normalized spacial score (nSPS) is 18.2. The molecule has 0 saturated carbocycles. The highest BCUT2D eigenvalue weighted by Gasteiger charge is 2.40. The van der Waals surface area contributed by atoms with E-state index in [-0.39, 0.29) is 17.3 Å². The number of carbonyl (C=O) groups excluding carboxylic acids is 2. The summed E-state index contributed by atoms with van der Waals surface area (Å²) in [5, 5.41) is 11.7. The van der Waals surface area contributed by atoms with Gasteiger partial charge in [0.25, 0.3) is 5.91 Å². The Labute approximate surface area is 160 Å². The van der Waals surface area contributed by atoms with Crippen LogP contribution in [-0.4, -0.2) is 24.1 Å². The number of nitriles is 1. The van der Waals surface area contributed by atoms with Crippen LogP contribution in [0.1, 0.15) is 5.56 Å². The predicted octanol–water partition coefficient (Wildman–Crippen LogP) is 3.00. The fraction of sp³-hybridized carbons (Fsp3) is 0.150. The summed E-state index contributed by atoms with van der Waals surface area (Å²) in [4.78, 5) is 26.6. The van der Waals surface area contributed by atoms with E-state index in [1.54, 1.807) is 36.4 Å². The van der Waals surface area contributed by atoms with Gasteiger partial charge in [0.2, 0.25) is 5.91 Å². The first-order valence-electron chi connectivity index (χ1n) is 8.21. The SMILES string of the molecule is CNC(=O)/C(C#N)=C1\SC(Cc2ccc(F)cc2)C(=O)N1c1ccccc1. The van der Waals surface area contributed by atoms with Crippen LogP contribution < -0.4 is 10.2 Å². The second kappa shape index (κ2) is 8.06. The Balaban J connectivity index is 2.02. The molecule has 0 bridgehead atoms. The van der Waals surface area contributed by atoms with Gasteiger partial charge in [-0.2, -0.15) is 5.26 Å². The van der Waals surface area contributed by atoms with Gasteiger partial charge in [0.05, 0.1) is 5.25 Å². The summed E-state index contributed by atoms with van der Waals surface area (Å²) in [6.07, 6.45) is 0.364. The zero-order valence-corrected chi connectivity index (χ0v) is 15.3. The molecule has 2 aromatic rings. The molecule has 2 amide bonds. The van der Waals surface area contributed by atoms with Crippen molar-refractivity contribution in [2.75, 3.05) is 11.9 Å². The lowest BCUT2D eigenvalue weighted by Gasteiger charge is -2.18. The fourth-order valence-electron chi connectivity index (χ4n) is 2.76. The number of likely N-dealkylation sites (N-methyl/N-ethyl adjacent to an activating group) is 1. The van der Waals surface area contributed by atoms with Gasteiger partial charge in [0.15, 0.2) is 0 Å². The molecular formula is C20H16FN3O2S. The van der Waals surface area contributed by atoms with Crippen LogP contribution in [0.5, 0.6) is 0 Å². The summed E-state index contributed by atoms with van der Waals surface area (Å²) in [7, 11) is 1.44. The van der Waals surface area contributed by atoms with Crippen molar-refractivity contribution >= 4 is 29.3 Å². The third-order valence-electron chi connectivity index (χ3n) is 4.08. The molecule has 1 saturated heterocycles. The summed E-state index contributed by atoms with van der Waals surface area (Å²) in [5.41, 5.74) is 1.28. The first kappa shape index (κ1) is 18.7. The Hall–Kier alpha value is -3.11. The number of thioether (sulfide) groups is 1. The molecule has 1 atom stereocenters. The van der Waals surface area contributed by atoms with E-state index < -0.39 is 11.2 Å². The van der Waals surface area contributed by atoms with Crippen molar-refractivity contribution in [2.24, 2.45) is 0 Å². The largest absolute Gasteiger partial charge is 0.354 e. The highest BCUT2D eigenvalue weighted by Crippen LogP contribution is 2.41. The van der Waals surface area contributed by atoms with E-state index in [9.17, 15) is 19.2 Å². The molecule has 5 nitrogen and oxygen atoms in total. The van der Waals surface area contributed by atoms with Gasteiger partial charge in [0.1, 0.15) is 22.5 Å². The molecule has 0 aliphatic carbocycles. The molecular weight excluding hydrogens is 365 g/mol. The number of nitrogens with zero attached hydrogens (tertiary/aromatic N) is 2. The van der Waals surface area contributed by atoms with Crippen LogP contribution in [-0.2, 0) is 16.0 Å². The Kier molecular flexibility index (Phi) is 5.57. The van der Waals surface area contributed by atoms with Crippen LogP contribution >= 0.6 is 11.8 Å². The maximum absolute atomic E-state index is 13.1. The number of rotatable bonds is 4. The number of hydrogen-bond donors (Lipinski definition) is 1. The Morgan fingerprint density at radius 1 is 1.22 bits per heavy atom. The number of nitrogens with one attached hydrogen (secondary N) is 1. The van der Waals surface area contributed by atoms with Gasteiger partial charge in [-0.3, -0.25) is 14.5 Å². The highest BCUT2D eigenvalue weighted by atomic mass is 32.2. The molecule has 1 N–H and O–H groups in total. The lowest BCUT2D eigenvalue weighted by molar-refractivity contribution is -0.117. The van der Waals surface area contributed by atoms with E-state index in [0.717, 1.165) is 5.56 Å². The van der Waals surface area contributed by atoms with Crippen LogP contribution in [0.4, 0.5) is 10.1 Å². The van der Waals surface area contributed by atoms with Crippen molar-refractivity contribution in [2.45, 2.75) is 11.7 Å². The van der Waals surface area contributed by atoms with E-state index in [1.165, 1.54) is 35.8 Å². The fourth-order valence-corrected chi connectivity index (χ4v) is 4.07. The molecule has 1 aliphatic rings. The Morgan fingerprint density at radius 3 is 2.48 bits per heavy atom. The Bertz CT molecular complexity index is 936. The van der Waals surface area contributed by atoms with Gasteiger partial charge in [-0.1, -0.05) is 42.1 Å². The number of hydrogen-bond acceptors (Lipinski definition) is 4. The van der Waals surface area contributed by atoms with Gasteiger partial charge in [-0.25, -0.2) is 4.39 Å². The maximum Gasteiger partial charge on any atom is 0.264 e. The average Bonchev–Trinajstić information content (AvgIpc) is 3.00. The minimum absolute atomic E-state index is 0.110. The summed E-state index contributed by atoms with van der Waals surface area (Å²) < 4.78 is 13.1. The lowest BCUT2D eigenvalue weighted by atomic mass is 10.1. The second-order valence-corrected chi connectivity index (χ2v) is 7.01. The number of halogens is 1.